The zero-order valence-electron chi connectivity index (χ0n) is 33.9. The molecule has 17 heteroatoms. The van der Waals surface area contributed by atoms with Crippen molar-refractivity contribution in [3.8, 4) is 5.75 Å². The molecule has 1 aromatic heterocycles. The van der Waals surface area contributed by atoms with E-state index >= 15 is 0 Å². The fourth-order valence-electron chi connectivity index (χ4n) is 7.72. The highest BCUT2D eigenvalue weighted by molar-refractivity contribution is 5.99. The van der Waals surface area contributed by atoms with Gasteiger partial charge in [-0.3, -0.25) is 28.9 Å². The van der Waals surface area contributed by atoms with E-state index in [0.717, 1.165) is 37.9 Å². The van der Waals surface area contributed by atoms with Crippen LogP contribution in [0.25, 0.3) is 10.9 Å². The Kier molecular flexibility index (Phi) is 14.7. The Morgan fingerprint density at radius 2 is 1.67 bits per heavy atom. The van der Waals surface area contributed by atoms with Crippen LogP contribution in [0.4, 0.5) is 4.79 Å². The van der Waals surface area contributed by atoms with Gasteiger partial charge in [-0.05, 0) is 77.0 Å². The smallest absolute Gasteiger partial charge is 0.409 e. The lowest BCUT2D eigenvalue weighted by molar-refractivity contribution is -0.150. The second kappa shape index (κ2) is 20.1. The summed E-state index contributed by atoms with van der Waals surface area (Å²) in [6.45, 7) is 9.97. The first-order valence-electron chi connectivity index (χ1n) is 20.6. The van der Waals surface area contributed by atoms with Crippen molar-refractivity contribution in [1.82, 2.24) is 35.2 Å². The zero-order chi connectivity index (χ0) is 41.2. The largest absolute Gasteiger partial charge is 0.483 e. The summed E-state index contributed by atoms with van der Waals surface area (Å²) in [5.41, 5.74) is 1.28. The van der Waals surface area contributed by atoms with E-state index in [1.165, 1.54) is 11.0 Å². The number of carbonyl (C=O) groups is 6. The van der Waals surface area contributed by atoms with E-state index in [1.54, 1.807) is 28.9 Å². The standard InChI is InChI=1S/C41H57N7O10/c1-4-56-41(54)47-17-15-46(16-18-47)40(53)31(12-13-37(50)58-28(3)25-45-19-21-55-22-20-45)44-38(51)33-24-35(30-11-10-27(2)23-32(30)43-33)57-26-36(49)48-14-6-9-34(48)39(52)42-29-7-5-8-29/h10-11,23-24,28-29,31,34H,4-9,12-22,25-26H2,1-3H3,(H,42,52)(H,44,51)/t28-,31?,34-/m0/s1. The van der Waals surface area contributed by atoms with E-state index < -0.39 is 36.0 Å². The first-order chi connectivity index (χ1) is 28.0. The molecule has 3 atom stereocenters. The van der Waals surface area contributed by atoms with Gasteiger partial charge in [-0.1, -0.05) is 6.07 Å². The van der Waals surface area contributed by atoms with E-state index in [2.05, 4.69) is 20.5 Å². The number of ether oxygens (including phenoxy) is 4. The van der Waals surface area contributed by atoms with Crippen molar-refractivity contribution in [2.75, 3.05) is 78.8 Å². The van der Waals surface area contributed by atoms with Crippen molar-refractivity contribution in [1.29, 1.82) is 0 Å². The van der Waals surface area contributed by atoms with Crippen molar-refractivity contribution in [2.45, 2.75) is 89.9 Å². The number of pyridine rings is 1. The molecule has 316 valence electrons. The monoisotopic (exact) mass is 807 g/mol. The zero-order valence-corrected chi connectivity index (χ0v) is 33.9. The Bertz CT molecular complexity index is 1810. The molecule has 0 bridgehead atoms. The van der Waals surface area contributed by atoms with Gasteiger partial charge in [-0.25, -0.2) is 9.78 Å². The maximum atomic E-state index is 14.0. The summed E-state index contributed by atoms with van der Waals surface area (Å²) < 4.78 is 22.3. The van der Waals surface area contributed by atoms with Crippen LogP contribution in [0.2, 0.25) is 0 Å². The number of nitrogens with one attached hydrogen (secondary N) is 2. The van der Waals surface area contributed by atoms with Gasteiger partial charge in [0.2, 0.25) is 11.8 Å². The Hall–Kier alpha value is -5.03. The number of benzene rings is 1. The van der Waals surface area contributed by atoms with Crippen molar-refractivity contribution >= 4 is 46.6 Å². The third-order valence-electron chi connectivity index (χ3n) is 11.1. The van der Waals surface area contributed by atoms with E-state index in [-0.39, 0.29) is 87.6 Å². The van der Waals surface area contributed by atoms with E-state index in [4.69, 9.17) is 18.9 Å². The summed E-state index contributed by atoms with van der Waals surface area (Å²) in [5.74, 6) is -1.82. The number of fused-ring (bicyclic) bond motifs is 1. The van der Waals surface area contributed by atoms with Crippen molar-refractivity contribution < 1.29 is 47.7 Å². The molecule has 3 saturated heterocycles. The summed E-state index contributed by atoms with van der Waals surface area (Å²) in [7, 11) is 0. The molecule has 5 amide bonds. The summed E-state index contributed by atoms with van der Waals surface area (Å²) >= 11 is 0. The number of rotatable bonds is 15. The number of likely N-dealkylation sites (tertiary alicyclic amines) is 1. The number of nitrogens with zero attached hydrogens (tertiary/aromatic N) is 5. The molecular formula is C41H57N7O10. The highest BCUT2D eigenvalue weighted by atomic mass is 16.6. The minimum Gasteiger partial charge on any atom is -0.483 e. The fourth-order valence-corrected chi connectivity index (χ4v) is 7.72. The van der Waals surface area contributed by atoms with Gasteiger partial charge in [0.05, 0.1) is 25.3 Å². The predicted molar refractivity (Wildman–Crippen MR) is 211 cm³/mol. The number of morpholine rings is 1. The number of amides is 5. The van der Waals surface area contributed by atoms with Crippen LogP contribution in [-0.2, 0) is 33.4 Å². The number of esters is 1. The average molecular weight is 808 g/mol. The van der Waals surface area contributed by atoms with Crippen LogP contribution in [0.5, 0.6) is 5.75 Å². The molecule has 1 saturated carbocycles. The molecule has 4 heterocycles. The maximum absolute atomic E-state index is 14.0. The van der Waals surface area contributed by atoms with E-state index in [9.17, 15) is 28.8 Å². The molecule has 2 aromatic rings. The topological polar surface area (TPSA) is 189 Å². The van der Waals surface area contributed by atoms with Crippen LogP contribution in [0.1, 0.15) is 74.8 Å². The quantitative estimate of drug-likeness (QED) is 0.250. The average Bonchev–Trinajstić information content (AvgIpc) is 3.70. The highest BCUT2D eigenvalue weighted by Crippen LogP contribution is 2.28. The number of aromatic nitrogens is 1. The van der Waals surface area contributed by atoms with Crippen LogP contribution >= 0.6 is 0 Å². The van der Waals surface area contributed by atoms with Gasteiger partial charge < -0.3 is 44.3 Å². The van der Waals surface area contributed by atoms with Gasteiger partial charge in [-0.2, -0.15) is 0 Å². The van der Waals surface area contributed by atoms with E-state index in [1.807, 2.05) is 19.9 Å². The minimum atomic E-state index is -1.12. The van der Waals surface area contributed by atoms with Crippen LogP contribution in [-0.4, -0.2) is 163 Å². The van der Waals surface area contributed by atoms with Gasteiger partial charge in [0.1, 0.15) is 29.6 Å². The lowest BCUT2D eigenvalue weighted by Gasteiger charge is -2.36. The van der Waals surface area contributed by atoms with Crippen LogP contribution in [0, 0.1) is 6.92 Å². The Morgan fingerprint density at radius 3 is 2.38 bits per heavy atom. The molecule has 0 radical (unpaired) electrons. The molecule has 17 nitrogen and oxygen atoms in total. The van der Waals surface area contributed by atoms with Crippen molar-refractivity contribution in [2.24, 2.45) is 0 Å². The summed E-state index contributed by atoms with van der Waals surface area (Å²) in [6, 6.07) is 5.39. The van der Waals surface area contributed by atoms with Crippen LogP contribution in [0.15, 0.2) is 24.3 Å². The molecule has 1 aliphatic carbocycles. The molecule has 1 aromatic carbocycles. The molecule has 58 heavy (non-hydrogen) atoms. The lowest BCUT2D eigenvalue weighted by Crippen LogP contribution is -2.56. The Morgan fingerprint density at radius 1 is 0.931 bits per heavy atom. The molecule has 3 aliphatic heterocycles. The van der Waals surface area contributed by atoms with Gasteiger partial charge in [0.15, 0.2) is 6.61 Å². The number of carbonyl (C=O) groups excluding carboxylic acids is 6. The Labute approximate surface area is 339 Å². The highest BCUT2D eigenvalue weighted by Gasteiger charge is 2.36. The number of hydrogen-bond acceptors (Lipinski definition) is 12. The first kappa shape index (κ1) is 42.6. The molecule has 2 N–H and O–H groups in total. The van der Waals surface area contributed by atoms with Gasteiger partial charge in [-0.15, -0.1) is 0 Å². The van der Waals surface area contributed by atoms with Crippen molar-refractivity contribution in [3.63, 3.8) is 0 Å². The molecular weight excluding hydrogens is 750 g/mol. The number of piperazine rings is 1. The molecule has 4 aliphatic rings. The summed E-state index contributed by atoms with van der Waals surface area (Å²) in [4.78, 5) is 91.3. The fraction of sp³-hybridized carbons (Fsp3) is 0.634. The summed E-state index contributed by atoms with van der Waals surface area (Å²) in [5, 5.41) is 6.45. The second-order valence-electron chi connectivity index (χ2n) is 15.5. The molecule has 6 rings (SSSR count). The molecule has 1 unspecified atom stereocenters. The minimum absolute atomic E-state index is 0.0400. The van der Waals surface area contributed by atoms with Crippen molar-refractivity contribution in [3.05, 3.63) is 35.5 Å². The SMILES string of the molecule is CCOC(=O)N1CCN(C(=O)C(CCC(=O)O[C@@H](C)CN2CCOCC2)NC(=O)c2cc(OCC(=O)N3CCC[C@H]3C(=O)NC3CCC3)c3ccc(C)cc3n2)CC1. The van der Waals surface area contributed by atoms with Gasteiger partial charge in [0.25, 0.3) is 11.8 Å². The van der Waals surface area contributed by atoms with Crippen LogP contribution < -0.4 is 15.4 Å². The predicted octanol–water partition coefficient (Wildman–Crippen LogP) is 2.02. The Balaban J connectivity index is 1.15. The molecule has 0 spiro atoms. The first-order valence-corrected chi connectivity index (χ1v) is 20.6. The summed E-state index contributed by atoms with van der Waals surface area (Å²) in [6.07, 6.45) is 3.26. The lowest BCUT2D eigenvalue weighted by atomic mass is 9.93. The van der Waals surface area contributed by atoms with Crippen LogP contribution in [0.3, 0.4) is 0 Å². The third kappa shape index (κ3) is 11.1. The van der Waals surface area contributed by atoms with Gasteiger partial charge >= 0.3 is 12.1 Å². The normalized spacial score (nSPS) is 19.8. The molecule has 4 fully saturated rings. The third-order valence-corrected chi connectivity index (χ3v) is 11.1. The number of hydrogen-bond donors (Lipinski definition) is 2. The van der Waals surface area contributed by atoms with Gasteiger partial charge in [0, 0.05) is 76.3 Å². The maximum Gasteiger partial charge on any atom is 0.409 e. The number of aryl methyl sites for hydroxylation is 1. The second-order valence-corrected chi connectivity index (χ2v) is 15.5. The van der Waals surface area contributed by atoms with E-state index in [0.29, 0.717) is 50.0 Å².